The van der Waals surface area contributed by atoms with Crippen LogP contribution in [0.15, 0.2) is 72.8 Å². The van der Waals surface area contributed by atoms with Crippen molar-refractivity contribution in [2.75, 3.05) is 23.0 Å². The SMILES string of the molecule is C[C@H]1[C@H]([Si](C)(C)F)[C@@H](CC(=O)N2Cc3ccccc3C[C@H]2CO)O[C@]12C(=O)N(c1ccccc1)c1ccc(N3CCCCCCC3=O)cc12. The van der Waals surface area contributed by atoms with Crippen molar-refractivity contribution in [2.45, 2.75) is 94.8 Å². The maximum Gasteiger partial charge on any atom is 0.268 e. The number of para-hydroxylation sites is 1. The fourth-order valence-electron chi connectivity index (χ4n) is 8.93. The van der Waals surface area contributed by atoms with Gasteiger partial charge in [-0.3, -0.25) is 19.3 Å². The summed E-state index contributed by atoms with van der Waals surface area (Å²) in [5.41, 5.74) is 2.54. The predicted octanol–water partition coefficient (Wildman–Crippen LogP) is 6.77. The maximum atomic E-state index is 16.6. The second kappa shape index (κ2) is 13.1. The maximum absolute atomic E-state index is 16.6. The Hall–Kier alpha value is -3.86. The summed E-state index contributed by atoms with van der Waals surface area (Å²) in [6, 6.07) is 22.6. The highest BCUT2D eigenvalue weighted by atomic mass is 28.4. The Labute approximate surface area is 289 Å². The molecule has 0 unspecified atom stereocenters. The first kappa shape index (κ1) is 33.6. The molecular weight excluding hydrogens is 638 g/mol. The third-order valence-electron chi connectivity index (χ3n) is 11.3. The van der Waals surface area contributed by atoms with E-state index in [4.69, 9.17) is 4.74 Å². The summed E-state index contributed by atoms with van der Waals surface area (Å²) in [7, 11) is -3.54. The molecule has 0 bridgehead atoms. The normalized spacial score (nSPS) is 27.2. The molecule has 4 aliphatic rings. The zero-order valence-electron chi connectivity index (χ0n) is 28.6. The molecule has 3 aromatic carbocycles. The molecule has 3 aromatic rings. The molecule has 0 aliphatic carbocycles. The summed E-state index contributed by atoms with van der Waals surface area (Å²) in [6.07, 6.45) is 3.86. The Kier molecular flexibility index (Phi) is 9.00. The van der Waals surface area contributed by atoms with Crippen LogP contribution in [0.4, 0.5) is 21.2 Å². The van der Waals surface area contributed by atoms with Gasteiger partial charge >= 0.3 is 0 Å². The van der Waals surface area contributed by atoms with E-state index in [2.05, 4.69) is 0 Å². The zero-order valence-corrected chi connectivity index (χ0v) is 29.6. The van der Waals surface area contributed by atoms with Gasteiger partial charge < -0.3 is 23.8 Å². The Bertz CT molecular complexity index is 1750. The van der Waals surface area contributed by atoms with Crippen molar-refractivity contribution in [1.29, 1.82) is 0 Å². The van der Waals surface area contributed by atoms with Crippen LogP contribution in [0.1, 0.15) is 62.1 Å². The van der Waals surface area contributed by atoms with Gasteiger partial charge in [-0.15, -0.1) is 0 Å². The number of anilines is 3. The molecule has 0 saturated carbocycles. The van der Waals surface area contributed by atoms with Gasteiger partial charge in [0, 0.05) is 47.9 Å². The standard InChI is InChI=1S/C39H46FN3O5Si/c1-26-37(49(2,3)40)34(23-36(46)42-24-28-14-11-10-13-27(28)21-31(42)25-44)48-39(26)32-22-30(41-20-12-5-4-9-17-35(41)45)18-19-33(32)43(38(39)47)29-15-7-6-8-16-29/h6-8,10-11,13-16,18-19,22,26,31,34,37,44H,4-5,9,12,17,20-21,23-25H2,1-3H3/t26-,31-,34+,37-,39+/m0/s1. The molecule has 3 amide bonds. The molecular formula is C39H46FN3O5Si. The van der Waals surface area contributed by atoms with Crippen molar-refractivity contribution in [2.24, 2.45) is 5.92 Å². The average Bonchev–Trinajstić information content (AvgIpc) is 3.52. The Morgan fingerprint density at radius 1 is 0.959 bits per heavy atom. The third-order valence-corrected chi connectivity index (χ3v) is 13.7. The van der Waals surface area contributed by atoms with Gasteiger partial charge in [0.05, 0.1) is 30.9 Å². The lowest BCUT2D eigenvalue weighted by molar-refractivity contribution is -0.150. The lowest BCUT2D eigenvalue weighted by Gasteiger charge is -2.37. The summed E-state index contributed by atoms with van der Waals surface area (Å²) >= 11 is 0. The van der Waals surface area contributed by atoms with Crippen molar-refractivity contribution in [3.8, 4) is 0 Å². The second-order valence-electron chi connectivity index (χ2n) is 14.7. The Balaban J connectivity index is 1.30. The molecule has 2 fully saturated rings. The van der Waals surface area contributed by atoms with Crippen LogP contribution in [0.3, 0.4) is 0 Å². The van der Waals surface area contributed by atoms with E-state index < -0.39 is 37.6 Å². The molecule has 7 rings (SSSR count). The van der Waals surface area contributed by atoms with Crippen molar-refractivity contribution in [3.05, 3.63) is 89.5 Å². The van der Waals surface area contributed by atoms with Crippen LogP contribution in [-0.4, -0.2) is 61.4 Å². The number of carbonyl (C=O) groups is 3. The van der Waals surface area contributed by atoms with E-state index in [1.807, 2.05) is 84.6 Å². The molecule has 4 heterocycles. The van der Waals surface area contributed by atoms with E-state index >= 15 is 4.11 Å². The monoisotopic (exact) mass is 683 g/mol. The van der Waals surface area contributed by atoms with E-state index in [-0.39, 0.29) is 30.7 Å². The largest absolute Gasteiger partial charge is 0.394 e. The van der Waals surface area contributed by atoms with E-state index in [0.29, 0.717) is 48.6 Å². The minimum Gasteiger partial charge on any atom is -0.394 e. The Morgan fingerprint density at radius 3 is 2.41 bits per heavy atom. The van der Waals surface area contributed by atoms with Crippen LogP contribution < -0.4 is 9.80 Å². The van der Waals surface area contributed by atoms with Crippen LogP contribution in [0, 0.1) is 5.92 Å². The minimum absolute atomic E-state index is 0.0542. The van der Waals surface area contributed by atoms with E-state index in [9.17, 15) is 19.5 Å². The van der Waals surface area contributed by atoms with Crippen LogP contribution in [0.5, 0.6) is 0 Å². The van der Waals surface area contributed by atoms with E-state index in [0.717, 1.165) is 36.8 Å². The fourth-order valence-corrected chi connectivity index (χ4v) is 11.4. The molecule has 1 spiro atoms. The van der Waals surface area contributed by atoms with Gasteiger partial charge in [-0.25, -0.2) is 0 Å². The molecule has 0 radical (unpaired) electrons. The lowest BCUT2D eigenvalue weighted by atomic mass is 9.82. The van der Waals surface area contributed by atoms with Crippen molar-refractivity contribution < 1.29 is 28.3 Å². The lowest BCUT2D eigenvalue weighted by Crippen LogP contribution is -2.48. The predicted molar refractivity (Wildman–Crippen MR) is 190 cm³/mol. The molecule has 2 saturated heterocycles. The number of carbonyl (C=O) groups excluding carboxylic acids is 3. The number of amides is 3. The van der Waals surface area contributed by atoms with Gasteiger partial charge in [-0.05, 0) is 73.8 Å². The minimum atomic E-state index is -3.54. The van der Waals surface area contributed by atoms with E-state index in [1.54, 1.807) is 22.9 Å². The molecule has 0 aromatic heterocycles. The summed E-state index contributed by atoms with van der Waals surface area (Å²) in [5.74, 6) is -1.07. The number of benzene rings is 3. The van der Waals surface area contributed by atoms with E-state index in [1.165, 1.54) is 0 Å². The summed E-state index contributed by atoms with van der Waals surface area (Å²) < 4.78 is 23.6. The van der Waals surface area contributed by atoms with Crippen LogP contribution >= 0.6 is 0 Å². The van der Waals surface area contributed by atoms with Crippen LogP contribution in [0.2, 0.25) is 18.6 Å². The van der Waals surface area contributed by atoms with Gasteiger partial charge in [-0.2, -0.15) is 0 Å². The number of ether oxygens (including phenoxy) is 1. The van der Waals surface area contributed by atoms with Gasteiger partial charge in [0.2, 0.25) is 20.2 Å². The number of hydrogen-bond donors (Lipinski definition) is 1. The number of hydrogen-bond acceptors (Lipinski definition) is 5. The smallest absolute Gasteiger partial charge is 0.268 e. The summed E-state index contributed by atoms with van der Waals surface area (Å²) in [5, 5.41) is 10.3. The molecule has 258 valence electrons. The third kappa shape index (κ3) is 5.81. The molecule has 49 heavy (non-hydrogen) atoms. The molecule has 8 nitrogen and oxygen atoms in total. The van der Waals surface area contributed by atoms with Crippen LogP contribution in [-0.2, 0) is 37.7 Å². The summed E-state index contributed by atoms with van der Waals surface area (Å²) in [6.45, 7) is 5.91. The van der Waals surface area contributed by atoms with Gasteiger partial charge in [0.15, 0.2) is 5.60 Å². The topological polar surface area (TPSA) is 90.4 Å². The average molecular weight is 684 g/mol. The fraction of sp³-hybridized carbons (Fsp3) is 0.462. The van der Waals surface area contributed by atoms with Gasteiger partial charge in [0.25, 0.3) is 5.91 Å². The number of fused-ring (bicyclic) bond motifs is 3. The highest BCUT2D eigenvalue weighted by molar-refractivity contribution is 6.72. The summed E-state index contributed by atoms with van der Waals surface area (Å²) in [4.78, 5) is 47.7. The number of halogens is 1. The molecule has 4 aliphatic heterocycles. The molecule has 5 atom stereocenters. The highest BCUT2D eigenvalue weighted by Crippen LogP contribution is 2.61. The highest BCUT2D eigenvalue weighted by Gasteiger charge is 2.67. The number of rotatable bonds is 6. The second-order valence-corrected chi connectivity index (χ2v) is 18.5. The molecule has 1 N–H and O–H groups in total. The zero-order chi connectivity index (χ0) is 34.5. The Morgan fingerprint density at radius 2 is 1.67 bits per heavy atom. The first-order valence-corrected chi connectivity index (χ1v) is 20.7. The van der Waals surface area contributed by atoms with Crippen molar-refractivity contribution in [1.82, 2.24) is 4.90 Å². The number of nitrogens with zero attached hydrogens (tertiary/aromatic N) is 3. The molecule has 10 heteroatoms. The quantitative estimate of drug-likeness (QED) is 0.229. The number of aliphatic hydroxyl groups is 1. The van der Waals surface area contributed by atoms with Gasteiger partial charge in [0.1, 0.15) is 0 Å². The van der Waals surface area contributed by atoms with Crippen molar-refractivity contribution in [3.63, 3.8) is 0 Å². The van der Waals surface area contributed by atoms with Crippen LogP contribution in [0.25, 0.3) is 0 Å². The van der Waals surface area contributed by atoms with Gasteiger partial charge in [-0.1, -0.05) is 62.2 Å². The van der Waals surface area contributed by atoms with Crippen molar-refractivity contribution >= 4 is 43.2 Å². The number of aliphatic hydroxyl groups excluding tert-OH is 1. The first-order chi connectivity index (χ1) is 23.5. The first-order valence-electron chi connectivity index (χ1n) is 17.7.